The number of likely N-dealkylation sites (tertiary alicyclic amines) is 1. The van der Waals surface area contributed by atoms with Crippen molar-refractivity contribution in [2.45, 2.75) is 57.6 Å². The molecule has 198 valence electrons. The Morgan fingerprint density at radius 2 is 1.87 bits per heavy atom. The van der Waals surface area contributed by atoms with E-state index in [1.54, 1.807) is 18.2 Å². The van der Waals surface area contributed by atoms with Gasteiger partial charge in [0.2, 0.25) is 0 Å². The van der Waals surface area contributed by atoms with Crippen LogP contribution in [0.5, 0.6) is 5.75 Å². The van der Waals surface area contributed by atoms with E-state index in [2.05, 4.69) is 28.1 Å². The minimum Gasteiger partial charge on any atom is -0.479 e. The number of anilines is 2. The van der Waals surface area contributed by atoms with Gasteiger partial charge in [-0.2, -0.15) is 0 Å². The molecule has 8 heteroatoms. The maximum Gasteiger partial charge on any atom is 0.265 e. The molecule has 2 unspecified atom stereocenters. The molecule has 7 nitrogen and oxygen atoms in total. The number of hydrogen-bond donors (Lipinski definition) is 1. The van der Waals surface area contributed by atoms with Gasteiger partial charge in [0.15, 0.2) is 11.9 Å². The fraction of sp³-hybridized carbons (Fsp3) is 0.433. The molecule has 2 aromatic carbocycles. The highest BCUT2D eigenvalue weighted by Gasteiger charge is 2.32. The molecule has 3 aliphatic heterocycles. The van der Waals surface area contributed by atoms with E-state index in [1.165, 1.54) is 45.2 Å². The number of aromatic nitrogens is 1. The van der Waals surface area contributed by atoms with Gasteiger partial charge < -0.3 is 15.0 Å². The van der Waals surface area contributed by atoms with Crippen molar-refractivity contribution in [2.24, 2.45) is 0 Å². The first-order chi connectivity index (χ1) is 18.4. The highest BCUT2D eigenvalue weighted by molar-refractivity contribution is 6.31. The van der Waals surface area contributed by atoms with Crippen molar-refractivity contribution in [1.82, 2.24) is 9.88 Å². The van der Waals surface area contributed by atoms with Gasteiger partial charge >= 0.3 is 0 Å². The van der Waals surface area contributed by atoms with E-state index in [0.717, 1.165) is 35.4 Å². The Balaban J connectivity index is 1.18. The molecule has 1 aromatic heterocycles. The van der Waals surface area contributed by atoms with E-state index in [9.17, 15) is 9.59 Å². The summed E-state index contributed by atoms with van der Waals surface area (Å²) in [6.07, 6.45) is 5.44. The Morgan fingerprint density at radius 1 is 1.05 bits per heavy atom. The number of Topliss-reactive ketones (excluding diaryl/α,β-unsaturated/α-hetero) is 1. The zero-order valence-electron chi connectivity index (χ0n) is 21.7. The second-order valence-corrected chi connectivity index (χ2v) is 11.2. The fourth-order valence-corrected chi connectivity index (χ4v) is 6.19. The topological polar surface area (TPSA) is 74.8 Å². The van der Waals surface area contributed by atoms with Crippen molar-refractivity contribution < 1.29 is 14.3 Å². The molecule has 2 saturated heterocycles. The highest BCUT2D eigenvalue weighted by Crippen LogP contribution is 2.32. The summed E-state index contributed by atoms with van der Waals surface area (Å²) in [6.45, 7) is 6.60. The molecule has 3 aromatic rings. The molecular weight excluding hydrogens is 500 g/mol. The molecular formula is C30H33ClN4O3. The lowest BCUT2D eigenvalue weighted by Gasteiger charge is -2.31. The van der Waals surface area contributed by atoms with E-state index in [0.29, 0.717) is 28.1 Å². The summed E-state index contributed by atoms with van der Waals surface area (Å²) in [5, 5.41) is 4.40. The van der Waals surface area contributed by atoms with Crippen LogP contribution in [0, 0.1) is 6.92 Å². The summed E-state index contributed by atoms with van der Waals surface area (Å²) in [4.78, 5) is 35.7. The molecule has 2 atom stereocenters. The maximum atomic E-state index is 13.0. The lowest BCUT2D eigenvalue weighted by molar-refractivity contribution is -0.122. The number of nitrogens with one attached hydrogen (secondary N) is 1. The largest absolute Gasteiger partial charge is 0.479 e. The molecule has 0 aliphatic carbocycles. The summed E-state index contributed by atoms with van der Waals surface area (Å²) in [5.41, 5.74) is 3.11. The van der Waals surface area contributed by atoms with E-state index in [1.807, 2.05) is 18.2 Å². The molecule has 4 heterocycles. The summed E-state index contributed by atoms with van der Waals surface area (Å²) < 4.78 is 5.83. The third-order valence-corrected chi connectivity index (χ3v) is 8.31. The van der Waals surface area contributed by atoms with E-state index < -0.39 is 6.10 Å². The lowest BCUT2D eigenvalue weighted by Crippen LogP contribution is -2.41. The van der Waals surface area contributed by atoms with Crippen LogP contribution < -0.4 is 15.0 Å². The van der Waals surface area contributed by atoms with Crippen molar-refractivity contribution in [3.05, 3.63) is 58.6 Å². The molecule has 0 radical (unpaired) electrons. The van der Waals surface area contributed by atoms with Gasteiger partial charge in [-0.3, -0.25) is 14.5 Å². The van der Waals surface area contributed by atoms with Crippen LogP contribution in [0.15, 0.2) is 42.5 Å². The average molecular weight is 533 g/mol. The quantitative estimate of drug-likeness (QED) is 0.470. The van der Waals surface area contributed by atoms with Crippen molar-refractivity contribution in [1.29, 1.82) is 0 Å². The molecule has 38 heavy (non-hydrogen) atoms. The van der Waals surface area contributed by atoms with Crippen molar-refractivity contribution >= 4 is 45.7 Å². The molecule has 0 spiro atoms. The van der Waals surface area contributed by atoms with Gasteiger partial charge in [0, 0.05) is 35.2 Å². The minimum absolute atomic E-state index is 0.0229. The second kappa shape index (κ2) is 10.5. The Labute approximate surface area is 228 Å². The van der Waals surface area contributed by atoms with Gasteiger partial charge in [0.05, 0.1) is 17.5 Å². The summed E-state index contributed by atoms with van der Waals surface area (Å²) in [6, 6.07) is 13.4. The number of halogens is 1. The van der Waals surface area contributed by atoms with E-state index >= 15 is 0 Å². The van der Waals surface area contributed by atoms with Crippen LogP contribution in [0.25, 0.3) is 10.9 Å². The number of carbonyl (C=O) groups excluding carboxylic acids is 2. The van der Waals surface area contributed by atoms with Crippen molar-refractivity contribution in [3.63, 3.8) is 0 Å². The Morgan fingerprint density at radius 3 is 2.71 bits per heavy atom. The number of carbonyl (C=O) groups is 2. The van der Waals surface area contributed by atoms with Gasteiger partial charge in [0.25, 0.3) is 5.91 Å². The Kier molecular flexibility index (Phi) is 6.97. The third-order valence-electron chi connectivity index (χ3n) is 8.07. The van der Waals surface area contributed by atoms with Crippen LogP contribution in [0.1, 0.15) is 54.4 Å². The number of amides is 1. The van der Waals surface area contributed by atoms with Crippen LogP contribution in [-0.4, -0.2) is 59.9 Å². The first-order valence-corrected chi connectivity index (χ1v) is 14.0. The fourth-order valence-electron chi connectivity index (χ4n) is 6.01. The van der Waals surface area contributed by atoms with Gasteiger partial charge in [0.1, 0.15) is 11.6 Å². The third kappa shape index (κ3) is 5.09. The van der Waals surface area contributed by atoms with Crippen LogP contribution in [-0.2, 0) is 4.79 Å². The molecule has 3 aliphatic rings. The average Bonchev–Trinajstić information content (AvgIpc) is 3.34. The van der Waals surface area contributed by atoms with Crippen LogP contribution >= 0.6 is 11.6 Å². The van der Waals surface area contributed by atoms with Gasteiger partial charge in [-0.1, -0.05) is 18.0 Å². The predicted molar refractivity (Wildman–Crippen MR) is 151 cm³/mol. The van der Waals surface area contributed by atoms with Gasteiger partial charge in [-0.15, -0.1) is 0 Å². The molecule has 1 amide bonds. The van der Waals surface area contributed by atoms with Crippen molar-refractivity contribution in [2.75, 3.05) is 36.4 Å². The van der Waals surface area contributed by atoms with Crippen molar-refractivity contribution in [3.8, 4) is 5.75 Å². The maximum absolute atomic E-state index is 13.0. The summed E-state index contributed by atoms with van der Waals surface area (Å²) in [7, 11) is 0. The molecule has 0 saturated carbocycles. The molecule has 6 rings (SSSR count). The van der Waals surface area contributed by atoms with Crippen LogP contribution in [0.3, 0.4) is 0 Å². The smallest absolute Gasteiger partial charge is 0.265 e. The first-order valence-electron chi connectivity index (χ1n) is 13.7. The Hall–Kier alpha value is -3.16. The van der Waals surface area contributed by atoms with E-state index in [-0.39, 0.29) is 18.1 Å². The monoisotopic (exact) mass is 532 g/mol. The SMILES string of the molecule is Cc1cc(N2CCCCC(N3CCCC3)C2)nc2ccc(NC(=O)C3CC(=O)c4cc(Cl)ccc4O3)cc12. The number of pyridine rings is 1. The number of nitrogens with zero attached hydrogens (tertiary/aromatic N) is 3. The number of aryl methyl sites for hydroxylation is 1. The van der Waals surface area contributed by atoms with Gasteiger partial charge in [-0.25, -0.2) is 4.98 Å². The predicted octanol–water partition coefficient (Wildman–Crippen LogP) is 5.62. The number of fused-ring (bicyclic) bond motifs is 2. The van der Waals surface area contributed by atoms with Gasteiger partial charge in [-0.05, 0) is 93.7 Å². The molecule has 2 fully saturated rings. The minimum atomic E-state index is -0.889. The molecule has 1 N–H and O–H groups in total. The zero-order chi connectivity index (χ0) is 26.2. The van der Waals surface area contributed by atoms with Crippen LogP contribution in [0.4, 0.5) is 11.5 Å². The number of rotatable bonds is 4. The normalized spacial score (nSPS) is 22.2. The standard InChI is InChI=1S/C30H33ClN4O3/c1-19-14-29(35-13-3-2-6-22(18-35)34-11-4-5-12-34)33-25-9-8-21(16-23(19)25)32-30(37)28-17-26(36)24-15-20(31)7-10-27(24)38-28/h7-10,14-16,22,28H,2-6,11-13,17-18H2,1H3,(H,32,37). The number of ether oxygens (including phenoxy) is 1. The van der Waals surface area contributed by atoms with Crippen LogP contribution in [0.2, 0.25) is 5.02 Å². The molecule has 0 bridgehead atoms. The number of benzene rings is 2. The number of hydrogen-bond acceptors (Lipinski definition) is 6. The Bertz CT molecular complexity index is 1390. The van der Waals surface area contributed by atoms with E-state index in [4.69, 9.17) is 21.3 Å². The number of ketones is 1. The summed E-state index contributed by atoms with van der Waals surface area (Å²) >= 11 is 6.01. The highest BCUT2D eigenvalue weighted by atomic mass is 35.5. The first kappa shape index (κ1) is 25.1. The lowest BCUT2D eigenvalue weighted by atomic mass is 10.00. The second-order valence-electron chi connectivity index (χ2n) is 10.7. The zero-order valence-corrected chi connectivity index (χ0v) is 22.5. The summed E-state index contributed by atoms with van der Waals surface area (Å²) in [5.74, 6) is 0.918.